The predicted molar refractivity (Wildman–Crippen MR) is 102 cm³/mol. The zero-order chi connectivity index (χ0) is 19.2. The van der Waals surface area contributed by atoms with Gasteiger partial charge in [-0.3, -0.25) is 4.79 Å². The fourth-order valence-corrected chi connectivity index (χ4v) is 2.46. The summed E-state index contributed by atoms with van der Waals surface area (Å²) in [5, 5.41) is 5.59. The summed E-state index contributed by atoms with van der Waals surface area (Å²) in [5.74, 6) is -0.129. The standard InChI is InChI=1S/C20H19FN4O2/c1-3-27-18-11-7-6-10-16(18)23-19(26)17-12-13(2)22-20(25-17)24-15-9-5-4-8-14(15)21/h4-12H,3H2,1-2H3,(H,23,26)(H,22,24,25). The number of anilines is 3. The van der Waals surface area contributed by atoms with Crippen LogP contribution in [0.3, 0.4) is 0 Å². The van der Waals surface area contributed by atoms with Gasteiger partial charge in [0.15, 0.2) is 0 Å². The van der Waals surface area contributed by atoms with E-state index in [9.17, 15) is 9.18 Å². The molecule has 3 rings (SSSR count). The molecular formula is C20H19FN4O2. The van der Waals surface area contributed by atoms with Crippen LogP contribution in [0, 0.1) is 12.7 Å². The summed E-state index contributed by atoms with van der Waals surface area (Å²) in [4.78, 5) is 21.0. The number of amides is 1. The maximum atomic E-state index is 13.8. The van der Waals surface area contributed by atoms with Crippen molar-refractivity contribution in [3.05, 3.63) is 71.8 Å². The van der Waals surface area contributed by atoms with Gasteiger partial charge in [0.25, 0.3) is 5.91 Å². The van der Waals surface area contributed by atoms with Gasteiger partial charge in [0, 0.05) is 5.69 Å². The smallest absolute Gasteiger partial charge is 0.274 e. The third kappa shape index (κ3) is 4.58. The second-order valence-corrected chi connectivity index (χ2v) is 5.71. The van der Waals surface area contributed by atoms with Crippen molar-refractivity contribution >= 4 is 23.2 Å². The van der Waals surface area contributed by atoms with Gasteiger partial charge in [0.05, 0.1) is 18.0 Å². The highest BCUT2D eigenvalue weighted by Gasteiger charge is 2.14. The number of benzene rings is 2. The van der Waals surface area contributed by atoms with Crippen molar-refractivity contribution in [2.45, 2.75) is 13.8 Å². The van der Waals surface area contributed by atoms with Crippen LogP contribution in [-0.4, -0.2) is 22.5 Å². The largest absolute Gasteiger partial charge is 0.492 e. The van der Waals surface area contributed by atoms with Gasteiger partial charge in [0.1, 0.15) is 17.3 Å². The number of nitrogens with one attached hydrogen (secondary N) is 2. The summed E-state index contributed by atoms with van der Waals surface area (Å²) in [6, 6.07) is 14.9. The number of carbonyl (C=O) groups is 1. The van der Waals surface area contributed by atoms with E-state index in [2.05, 4.69) is 20.6 Å². The number of halogens is 1. The highest BCUT2D eigenvalue weighted by atomic mass is 19.1. The summed E-state index contributed by atoms with van der Waals surface area (Å²) in [5.41, 5.74) is 1.51. The summed E-state index contributed by atoms with van der Waals surface area (Å²) in [6.07, 6.45) is 0. The average molecular weight is 366 g/mol. The van der Waals surface area contributed by atoms with Crippen molar-refractivity contribution in [3.63, 3.8) is 0 Å². The fourth-order valence-electron chi connectivity index (χ4n) is 2.46. The number of aromatic nitrogens is 2. The highest BCUT2D eigenvalue weighted by molar-refractivity contribution is 6.03. The first-order valence-electron chi connectivity index (χ1n) is 8.47. The molecule has 2 aromatic carbocycles. The van der Waals surface area contributed by atoms with Crippen molar-refractivity contribution < 1.29 is 13.9 Å². The zero-order valence-electron chi connectivity index (χ0n) is 15.0. The molecule has 27 heavy (non-hydrogen) atoms. The molecular weight excluding hydrogens is 347 g/mol. The van der Waals surface area contributed by atoms with Gasteiger partial charge in [-0.2, -0.15) is 0 Å². The van der Waals surface area contributed by atoms with E-state index in [1.165, 1.54) is 6.07 Å². The summed E-state index contributed by atoms with van der Waals surface area (Å²) in [6.45, 7) is 4.09. The van der Waals surface area contributed by atoms with Crippen LogP contribution in [0.2, 0.25) is 0 Å². The van der Waals surface area contributed by atoms with E-state index in [0.29, 0.717) is 23.7 Å². The van der Waals surface area contributed by atoms with Crippen LogP contribution in [0.5, 0.6) is 5.75 Å². The molecule has 0 aliphatic heterocycles. The van der Waals surface area contributed by atoms with Crippen molar-refractivity contribution in [1.29, 1.82) is 0 Å². The molecule has 0 unspecified atom stereocenters. The second-order valence-electron chi connectivity index (χ2n) is 5.71. The highest BCUT2D eigenvalue weighted by Crippen LogP contribution is 2.24. The maximum absolute atomic E-state index is 13.8. The third-order valence-electron chi connectivity index (χ3n) is 3.64. The van der Waals surface area contributed by atoms with Gasteiger partial charge in [0.2, 0.25) is 5.95 Å². The molecule has 138 valence electrons. The Balaban J connectivity index is 1.83. The third-order valence-corrected chi connectivity index (χ3v) is 3.64. The predicted octanol–water partition coefficient (Wildman–Crippen LogP) is 4.32. The van der Waals surface area contributed by atoms with Crippen LogP contribution in [0.4, 0.5) is 21.7 Å². The number of hydrogen-bond donors (Lipinski definition) is 2. The molecule has 1 aromatic heterocycles. The minimum absolute atomic E-state index is 0.142. The molecule has 1 heterocycles. The van der Waals surface area contributed by atoms with Crippen LogP contribution in [-0.2, 0) is 0 Å². The Hall–Kier alpha value is -3.48. The Kier molecular flexibility index (Phi) is 5.61. The first-order valence-corrected chi connectivity index (χ1v) is 8.47. The fraction of sp³-hybridized carbons (Fsp3) is 0.150. The zero-order valence-corrected chi connectivity index (χ0v) is 15.0. The molecule has 6 nitrogen and oxygen atoms in total. The molecule has 0 spiro atoms. The van der Waals surface area contributed by atoms with Gasteiger partial charge >= 0.3 is 0 Å². The average Bonchev–Trinajstić information content (AvgIpc) is 2.65. The Morgan fingerprint density at radius 3 is 2.52 bits per heavy atom. The number of carbonyl (C=O) groups excluding carboxylic acids is 1. The van der Waals surface area contributed by atoms with E-state index in [0.717, 1.165) is 0 Å². The lowest BCUT2D eigenvalue weighted by Gasteiger charge is -2.12. The molecule has 2 N–H and O–H groups in total. The van der Waals surface area contributed by atoms with Crippen molar-refractivity contribution in [2.75, 3.05) is 17.2 Å². The summed E-state index contributed by atoms with van der Waals surface area (Å²) >= 11 is 0. The number of nitrogens with zero attached hydrogens (tertiary/aromatic N) is 2. The molecule has 0 atom stereocenters. The lowest BCUT2D eigenvalue weighted by Crippen LogP contribution is -2.16. The van der Waals surface area contributed by atoms with E-state index in [-0.39, 0.29) is 17.3 Å². The van der Waals surface area contributed by atoms with Gasteiger partial charge < -0.3 is 15.4 Å². The van der Waals surface area contributed by atoms with E-state index < -0.39 is 11.7 Å². The second kappa shape index (κ2) is 8.27. The first kappa shape index (κ1) is 18.3. The lowest BCUT2D eigenvalue weighted by molar-refractivity contribution is 0.102. The molecule has 3 aromatic rings. The molecule has 0 radical (unpaired) electrons. The van der Waals surface area contributed by atoms with Crippen LogP contribution in [0.1, 0.15) is 23.1 Å². The Morgan fingerprint density at radius 1 is 1.07 bits per heavy atom. The van der Waals surface area contributed by atoms with Crippen LogP contribution < -0.4 is 15.4 Å². The summed E-state index contributed by atoms with van der Waals surface area (Å²) in [7, 11) is 0. The van der Waals surface area contributed by atoms with Gasteiger partial charge in [-0.1, -0.05) is 24.3 Å². The van der Waals surface area contributed by atoms with Crippen LogP contribution in [0.25, 0.3) is 0 Å². The van der Waals surface area contributed by atoms with E-state index in [1.807, 2.05) is 13.0 Å². The quantitative estimate of drug-likeness (QED) is 0.679. The minimum Gasteiger partial charge on any atom is -0.492 e. The Bertz CT molecular complexity index is 962. The number of aryl methyl sites for hydroxylation is 1. The Labute approximate surface area is 156 Å². The van der Waals surface area contributed by atoms with E-state index >= 15 is 0 Å². The molecule has 1 amide bonds. The number of rotatable bonds is 6. The van der Waals surface area contributed by atoms with Crippen LogP contribution in [0.15, 0.2) is 54.6 Å². The van der Waals surface area contributed by atoms with Crippen LogP contribution >= 0.6 is 0 Å². The molecule has 7 heteroatoms. The van der Waals surface area contributed by atoms with Gasteiger partial charge in [-0.15, -0.1) is 0 Å². The molecule has 0 aliphatic rings. The number of para-hydroxylation sites is 3. The number of ether oxygens (including phenoxy) is 1. The molecule has 0 saturated heterocycles. The van der Waals surface area contributed by atoms with E-state index in [1.54, 1.807) is 49.4 Å². The normalized spacial score (nSPS) is 10.3. The Morgan fingerprint density at radius 2 is 1.78 bits per heavy atom. The summed E-state index contributed by atoms with van der Waals surface area (Å²) < 4.78 is 19.3. The van der Waals surface area contributed by atoms with Gasteiger partial charge in [-0.05, 0) is 44.2 Å². The number of hydrogen-bond acceptors (Lipinski definition) is 5. The molecule has 0 fully saturated rings. The van der Waals surface area contributed by atoms with Crippen molar-refractivity contribution in [2.24, 2.45) is 0 Å². The monoisotopic (exact) mass is 366 g/mol. The SMILES string of the molecule is CCOc1ccccc1NC(=O)c1cc(C)nc(Nc2ccccc2F)n1. The molecule has 0 saturated carbocycles. The minimum atomic E-state index is -0.431. The molecule has 0 aliphatic carbocycles. The first-order chi connectivity index (χ1) is 13.1. The molecule has 0 bridgehead atoms. The topological polar surface area (TPSA) is 76.1 Å². The van der Waals surface area contributed by atoms with E-state index in [4.69, 9.17) is 4.74 Å². The van der Waals surface area contributed by atoms with Crippen molar-refractivity contribution in [1.82, 2.24) is 9.97 Å². The lowest BCUT2D eigenvalue weighted by atomic mass is 10.2. The maximum Gasteiger partial charge on any atom is 0.274 e. The van der Waals surface area contributed by atoms with Crippen molar-refractivity contribution in [3.8, 4) is 5.75 Å². The van der Waals surface area contributed by atoms with Gasteiger partial charge in [-0.25, -0.2) is 14.4 Å².